The maximum atomic E-state index is 14.6. The highest BCUT2D eigenvalue weighted by Crippen LogP contribution is 2.39. The standard InChI is InChI=1S/C23H31FN2O2/c24-20-7-3-2-6-19(20)22(23(28)17-8-9-17)26-15-11-21(27)18(16-26)10-14-25-12-4-1-5-13-25/h2-3,6-7,10,17,21-22,27H,1,4-5,8-9,11-16H2. The number of rotatable bonds is 6. The summed E-state index contributed by atoms with van der Waals surface area (Å²) in [5, 5.41) is 10.5. The van der Waals surface area contributed by atoms with Crippen molar-refractivity contribution in [3.63, 3.8) is 0 Å². The van der Waals surface area contributed by atoms with Crippen molar-refractivity contribution in [2.24, 2.45) is 5.92 Å². The number of hydrogen-bond donors (Lipinski definition) is 1. The van der Waals surface area contributed by atoms with Crippen LogP contribution in [0.15, 0.2) is 35.9 Å². The molecule has 0 aromatic heterocycles. The molecule has 2 aliphatic heterocycles. The lowest BCUT2D eigenvalue weighted by Gasteiger charge is -2.37. The third-order valence-electron chi connectivity index (χ3n) is 6.38. The van der Waals surface area contributed by atoms with Crippen LogP contribution >= 0.6 is 0 Å². The van der Waals surface area contributed by atoms with Crippen molar-refractivity contribution in [1.82, 2.24) is 9.80 Å². The lowest BCUT2D eigenvalue weighted by atomic mass is 9.92. The molecule has 5 heteroatoms. The van der Waals surface area contributed by atoms with Gasteiger partial charge in [-0.15, -0.1) is 0 Å². The summed E-state index contributed by atoms with van der Waals surface area (Å²) in [6, 6.07) is 6.11. The predicted molar refractivity (Wildman–Crippen MR) is 107 cm³/mol. The number of hydrogen-bond acceptors (Lipinski definition) is 4. The van der Waals surface area contributed by atoms with Crippen molar-refractivity contribution < 1.29 is 14.3 Å². The molecule has 1 aliphatic carbocycles. The van der Waals surface area contributed by atoms with Gasteiger partial charge in [0.05, 0.1) is 12.1 Å². The van der Waals surface area contributed by atoms with Crippen LogP contribution in [0, 0.1) is 11.7 Å². The van der Waals surface area contributed by atoms with E-state index in [4.69, 9.17) is 0 Å². The SMILES string of the molecule is O=C(C1CC1)C(c1ccccc1F)N1CCC(O)C(=CCN2CCCCC2)C1. The highest BCUT2D eigenvalue weighted by Gasteiger charge is 2.40. The summed E-state index contributed by atoms with van der Waals surface area (Å²) in [4.78, 5) is 17.6. The number of benzene rings is 1. The lowest BCUT2D eigenvalue weighted by molar-refractivity contribution is -0.126. The van der Waals surface area contributed by atoms with E-state index >= 15 is 0 Å². The monoisotopic (exact) mass is 386 g/mol. The molecule has 28 heavy (non-hydrogen) atoms. The normalized spacial score (nSPS) is 27.1. The van der Waals surface area contributed by atoms with E-state index in [-0.39, 0.29) is 17.5 Å². The first-order valence-electron chi connectivity index (χ1n) is 10.7. The van der Waals surface area contributed by atoms with Crippen molar-refractivity contribution in [1.29, 1.82) is 0 Å². The number of nitrogens with zero attached hydrogens (tertiary/aromatic N) is 2. The Balaban J connectivity index is 1.53. The summed E-state index contributed by atoms with van der Waals surface area (Å²) in [5.41, 5.74) is 1.45. The molecule has 1 aromatic carbocycles. The molecule has 152 valence electrons. The third-order valence-corrected chi connectivity index (χ3v) is 6.38. The van der Waals surface area contributed by atoms with Crippen molar-refractivity contribution >= 4 is 5.78 Å². The van der Waals surface area contributed by atoms with Crippen LogP contribution in [0.5, 0.6) is 0 Å². The summed E-state index contributed by atoms with van der Waals surface area (Å²) in [7, 11) is 0. The van der Waals surface area contributed by atoms with Crippen LogP contribution in [0.4, 0.5) is 4.39 Å². The molecule has 0 radical (unpaired) electrons. The van der Waals surface area contributed by atoms with Gasteiger partial charge in [-0.1, -0.05) is 30.7 Å². The second-order valence-corrected chi connectivity index (χ2v) is 8.52. The molecule has 2 unspecified atom stereocenters. The zero-order chi connectivity index (χ0) is 19.5. The molecule has 4 rings (SSSR count). The van der Waals surface area contributed by atoms with Gasteiger partial charge in [0.2, 0.25) is 0 Å². The summed E-state index contributed by atoms with van der Waals surface area (Å²) in [5.74, 6) is -0.111. The first-order valence-corrected chi connectivity index (χ1v) is 10.7. The average molecular weight is 387 g/mol. The highest BCUT2D eigenvalue weighted by atomic mass is 19.1. The summed E-state index contributed by atoms with van der Waals surface area (Å²) >= 11 is 0. The number of halogens is 1. The van der Waals surface area contributed by atoms with Crippen LogP contribution < -0.4 is 0 Å². The van der Waals surface area contributed by atoms with Crippen LogP contribution in [0.3, 0.4) is 0 Å². The fourth-order valence-corrected chi connectivity index (χ4v) is 4.52. The van der Waals surface area contributed by atoms with E-state index in [2.05, 4.69) is 15.9 Å². The number of Topliss-reactive ketones (excluding diaryl/α,β-unsaturated/α-hetero) is 1. The van der Waals surface area contributed by atoms with E-state index in [1.54, 1.807) is 18.2 Å². The van der Waals surface area contributed by atoms with E-state index in [1.165, 1.54) is 25.3 Å². The van der Waals surface area contributed by atoms with Gasteiger partial charge in [-0.05, 0) is 56.8 Å². The van der Waals surface area contributed by atoms with E-state index in [0.29, 0.717) is 25.1 Å². The Hall–Kier alpha value is -1.56. The maximum Gasteiger partial charge on any atom is 0.157 e. The molecule has 2 heterocycles. The molecule has 3 fully saturated rings. The molecule has 0 bridgehead atoms. The number of aliphatic hydroxyl groups is 1. The Bertz CT molecular complexity index is 725. The summed E-state index contributed by atoms with van der Waals surface area (Å²) in [6.07, 6.45) is 7.88. The van der Waals surface area contributed by atoms with Gasteiger partial charge in [0.15, 0.2) is 5.78 Å². The number of piperidine rings is 2. The van der Waals surface area contributed by atoms with Gasteiger partial charge in [0.25, 0.3) is 0 Å². The largest absolute Gasteiger partial charge is 0.389 e. The maximum absolute atomic E-state index is 14.6. The van der Waals surface area contributed by atoms with Gasteiger partial charge < -0.3 is 5.11 Å². The van der Waals surface area contributed by atoms with Gasteiger partial charge in [0, 0.05) is 31.1 Å². The van der Waals surface area contributed by atoms with Gasteiger partial charge >= 0.3 is 0 Å². The van der Waals surface area contributed by atoms with Crippen LogP contribution in [-0.4, -0.2) is 59.5 Å². The van der Waals surface area contributed by atoms with Gasteiger partial charge in [0.1, 0.15) is 5.82 Å². The van der Waals surface area contributed by atoms with Crippen molar-refractivity contribution in [2.75, 3.05) is 32.7 Å². The molecule has 1 N–H and O–H groups in total. The Kier molecular flexibility index (Phi) is 6.24. The number of carbonyl (C=O) groups excluding carboxylic acids is 1. The van der Waals surface area contributed by atoms with Crippen LogP contribution in [0.1, 0.15) is 50.1 Å². The molecule has 1 saturated carbocycles. The molecule has 3 aliphatic rings. The summed E-state index contributed by atoms with van der Waals surface area (Å²) in [6.45, 7) is 4.22. The minimum absolute atomic E-state index is 0.0669. The first-order chi connectivity index (χ1) is 13.6. The smallest absolute Gasteiger partial charge is 0.157 e. The predicted octanol–water partition coefficient (Wildman–Crippen LogP) is 3.32. The number of likely N-dealkylation sites (tertiary alicyclic amines) is 2. The van der Waals surface area contributed by atoms with E-state index < -0.39 is 12.1 Å². The third kappa shape index (κ3) is 4.53. The first kappa shape index (κ1) is 19.7. The van der Waals surface area contributed by atoms with E-state index in [1.807, 2.05) is 0 Å². The zero-order valence-electron chi connectivity index (χ0n) is 16.5. The van der Waals surface area contributed by atoms with Gasteiger partial charge in [-0.3, -0.25) is 14.6 Å². The van der Waals surface area contributed by atoms with E-state index in [0.717, 1.165) is 38.0 Å². The minimum Gasteiger partial charge on any atom is -0.389 e. The number of ketones is 1. The minimum atomic E-state index is -0.542. The molecule has 0 amide bonds. The highest BCUT2D eigenvalue weighted by molar-refractivity contribution is 5.89. The van der Waals surface area contributed by atoms with Gasteiger partial charge in [-0.2, -0.15) is 0 Å². The van der Waals surface area contributed by atoms with Crippen LogP contribution in [-0.2, 0) is 4.79 Å². The molecular weight excluding hydrogens is 355 g/mol. The second kappa shape index (κ2) is 8.85. The summed E-state index contributed by atoms with van der Waals surface area (Å²) < 4.78 is 14.6. The Morgan fingerprint density at radius 1 is 1.14 bits per heavy atom. The molecule has 2 atom stereocenters. The molecular formula is C23H31FN2O2. The van der Waals surface area contributed by atoms with Crippen molar-refractivity contribution in [3.8, 4) is 0 Å². The molecule has 2 saturated heterocycles. The molecule has 4 nitrogen and oxygen atoms in total. The Labute approximate surface area is 167 Å². The fraction of sp³-hybridized carbons (Fsp3) is 0.609. The van der Waals surface area contributed by atoms with Crippen molar-refractivity contribution in [3.05, 3.63) is 47.3 Å². The number of aliphatic hydroxyl groups excluding tert-OH is 1. The Morgan fingerprint density at radius 3 is 2.61 bits per heavy atom. The molecule has 0 spiro atoms. The topological polar surface area (TPSA) is 43.8 Å². The van der Waals surface area contributed by atoms with Crippen LogP contribution in [0.25, 0.3) is 0 Å². The quantitative estimate of drug-likeness (QED) is 0.762. The average Bonchev–Trinajstić information content (AvgIpc) is 3.56. The second-order valence-electron chi connectivity index (χ2n) is 8.52. The van der Waals surface area contributed by atoms with Crippen molar-refractivity contribution in [2.45, 2.75) is 50.7 Å². The Morgan fingerprint density at radius 2 is 1.89 bits per heavy atom. The number of carbonyl (C=O) groups is 1. The van der Waals surface area contributed by atoms with E-state index in [9.17, 15) is 14.3 Å². The lowest BCUT2D eigenvalue weighted by Crippen LogP contribution is -2.44. The molecule has 1 aromatic rings. The van der Waals surface area contributed by atoms with Gasteiger partial charge in [-0.25, -0.2) is 4.39 Å². The fourth-order valence-electron chi connectivity index (χ4n) is 4.52. The zero-order valence-corrected chi connectivity index (χ0v) is 16.5. The van der Waals surface area contributed by atoms with Crippen LogP contribution in [0.2, 0.25) is 0 Å².